The summed E-state index contributed by atoms with van der Waals surface area (Å²) in [6.45, 7) is 6.18. The van der Waals surface area contributed by atoms with Gasteiger partial charge in [-0.25, -0.2) is 0 Å². The van der Waals surface area contributed by atoms with Gasteiger partial charge >= 0.3 is 0 Å². The van der Waals surface area contributed by atoms with Crippen LogP contribution in [-0.4, -0.2) is 13.2 Å². The first-order chi connectivity index (χ1) is 4.84. The average molecular weight is 141 g/mol. The minimum Gasteiger partial charge on any atom is -0.479 e. The lowest BCUT2D eigenvalue weighted by Gasteiger charge is -2.20. The summed E-state index contributed by atoms with van der Waals surface area (Å²) in [5.74, 6) is 1.01. The molecule has 0 amide bonds. The minimum atomic E-state index is 0.875. The molecule has 1 aliphatic rings. The second kappa shape index (κ2) is 3.49. The van der Waals surface area contributed by atoms with Crippen LogP contribution in [0.5, 0.6) is 0 Å². The smallest absolute Gasteiger partial charge is 0.185 e. The molecule has 1 aliphatic heterocycles. The molecule has 0 atom stereocenters. The Kier molecular flexibility index (Phi) is 2.60. The lowest BCUT2D eigenvalue weighted by molar-refractivity contribution is 0.153. The van der Waals surface area contributed by atoms with Crippen LogP contribution in [0.15, 0.2) is 11.5 Å². The molecule has 0 bridgehead atoms. The highest BCUT2D eigenvalue weighted by atomic mass is 16.5. The maximum atomic E-state index is 5.40. The Morgan fingerprint density at radius 1 is 1.70 bits per heavy atom. The number of ether oxygens (including phenoxy) is 1. The van der Waals surface area contributed by atoms with Gasteiger partial charge in [0.2, 0.25) is 0 Å². The summed E-state index contributed by atoms with van der Waals surface area (Å²) < 4.78 is 5.40. The molecule has 0 unspecified atom stereocenters. The van der Waals surface area contributed by atoms with Crippen molar-refractivity contribution in [2.75, 3.05) is 13.2 Å². The molecule has 0 aliphatic carbocycles. The van der Waals surface area contributed by atoms with Gasteiger partial charge in [-0.2, -0.15) is 0 Å². The quantitative estimate of drug-likeness (QED) is 0.599. The predicted molar refractivity (Wildman–Crippen MR) is 41.6 cm³/mol. The van der Waals surface area contributed by atoms with E-state index in [0.717, 1.165) is 31.9 Å². The highest BCUT2D eigenvalue weighted by Crippen LogP contribution is 2.09. The Morgan fingerprint density at radius 3 is 3.00 bits per heavy atom. The zero-order chi connectivity index (χ0) is 7.40. The SMILES string of the molecule is CC/C(C)=C1/NCCCO1. The maximum absolute atomic E-state index is 5.40. The maximum Gasteiger partial charge on any atom is 0.185 e. The lowest BCUT2D eigenvalue weighted by Crippen LogP contribution is -2.25. The first-order valence-electron chi connectivity index (χ1n) is 3.91. The molecule has 2 heteroatoms. The molecule has 58 valence electrons. The molecule has 0 spiro atoms. The van der Waals surface area contributed by atoms with Crippen molar-refractivity contribution in [2.24, 2.45) is 0 Å². The Labute approximate surface area is 62.3 Å². The Bertz CT molecular complexity index is 132. The van der Waals surface area contributed by atoms with Crippen LogP contribution in [0.1, 0.15) is 26.7 Å². The molecule has 10 heavy (non-hydrogen) atoms. The zero-order valence-electron chi connectivity index (χ0n) is 6.74. The summed E-state index contributed by atoms with van der Waals surface area (Å²) in [5, 5.41) is 3.23. The fourth-order valence-corrected chi connectivity index (χ4v) is 0.934. The van der Waals surface area contributed by atoms with Crippen molar-refractivity contribution in [1.29, 1.82) is 0 Å². The van der Waals surface area contributed by atoms with Crippen LogP contribution < -0.4 is 5.32 Å². The van der Waals surface area contributed by atoms with Crippen LogP contribution in [-0.2, 0) is 4.74 Å². The second-order valence-electron chi connectivity index (χ2n) is 2.59. The Morgan fingerprint density at radius 2 is 2.50 bits per heavy atom. The standard InChI is InChI=1S/C8H15NO/c1-3-7(2)8-9-5-4-6-10-8/h9H,3-6H2,1-2H3/b8-7-. The zero-order valence-corrected chi connectivity index (χ0v) is 6.74. The van der Waals surface area contributed by atoms with Gasteiger partial charge in [0.15, 0.2) is 5.88 Å². The summed E-state index contributed by atoms with van der Waals surface area (Å²) in [6.07, 6.45) is 2.20. The van der Waals surface area contributed by atoms with Crippen molar-refractivity contribution in [3.8, 4) is 0 Å². The number of hydrogen-bond acceptors (Lipinski definition) is 2. The number of hydrogen-bond donors (Lipinski definition) is 1. The summed E-state index contributed by atoms with van der Waals surface area (Å²) in [4.78, 5) is 0. The van der Waals surface area contributed by atoms with Crippen molar-refractivity contribution >= 4 is 0 Å². The molecule has 1 fully saturated rings. The monoisotopic (exact) mass is 141 g/mol. The van der Waals surface area contributed by atoms with E-state index in [4.69, 9.17) is 4.74 Å². The third kappa shape index (κ3) is 1.66. The third-order valence-corrected chi connectivity index (χ3v) is 1.77. The molecule has 1 heterocycles. The topological polar surface area (TPSA) is 21.3 Å². The average Bonchev–Trinajstić information content (AvgIpc) is 2.05. The lowest BCUT2D eigenvalue weighted by atomic mass is 10.2. The van der Waals surface area contributed by atoms with E-state index in [9.17, 15) is 0 Å². The van der Waals surface area contributed by atoms with Crippen molar-refractivity contribution in [2.45, 2.75) is 26.7 Å². The van der Waals surface area contributed by atoms with Gasteiger partial charge in [0.05, 0.1) is 6.61 Å². The predicted octanol–water partition coefficient (Wildman–Crippen LogP) is 1.64. The van der Waals surface area contributed by atoms with E-state index >= 15 is 0 Å². The van der Waals surface area contributed by atoms with Gasteiger partial charge in [-0.05, 0) is 25.3 Å². The normalized spacial score (nSPS) is 23.0. The van der Waals surface area contributed by atoms with Gasteiger partial charge in [0, 0.05) is 6.54 Å². The van der Waals surface area contributed by atoms with E-state index < -0.39 is 0 Å². The molecule has 1 N–H and O–H groups in total. The summed E-state index contributed by atoms with van der Waals surface area (Å²) in [6, 6.07) is 0. The van der Waals surface area contributed by atoms with Gasteiger partial charge in [0.25, 0.3) is 0 Å². The van der Waals surface area contributed by atoms with E-state index in [1.807, 2.05) is 0 Å². The van der Waals surface area contributed by atoms with Crippen molar-refractivity contribution in [1.82, 2.24) is 5.32 Å². The molecule has 0 aromatic rings. The molecule has 2 nitrogen and oxygen atoms in total. The van der Waals surface area contributed by atoms with Crippen molar-refractivity contribution in [3.05, 3.63) is 11.5 Å². The van der Waals surface area contributed by atoms with Gasteiger partial charge in [-0.3, -0.25) is 0 Å². The highest BCUT2D eigenvalue weighted by Gasteiger charge is 2.06. The fourth-order valence-electron chi connectivity index (χ4n) is 0.934. The summed E-state index contributed by atoms with van der Waals surface area (Å²) >= 11 is 0. The van der Waals surface area contributed by atoms with Gasteiger partial charge in [-0.1, -0.05) is 6.92 Å². The Balaban J connectivity index is 2.51. The van der Waals surface area contributed by atoms with Crippen LogP contribution in [0.25, 0.3) is 0 Å². The van der Waals surface area contributed by atoms with Crippen molar-refractivity contribution in [3.63, 3.8) is 0 Å². The number of allylic oxidation sites excluding steroid dienone is 1. The first kappa shape index (κ1) is 7.45. The van der Waals surface area contributed by atoms with E-state index in [-0.39, 0.29) is 0 Å². The van der Waals surface area contributed by atoms with E-state index in [1.54, 1.807) is 0 Å². The number of nitrogens with one attached hydrogen (secondary N) is 1. The second-order valence-corrected chi connectivity index (χ2v) is 2.59. The molecule has 0 aromatic heterocycles. The molecular formula is C8H15NO. The Hall–Kier alpha value is -0.660. The first-order valence-corrected chi connectivity index (χ1v) is 3.91. The fraction of sp³-hybridized carbons (Fsp3) is 0.750. The molecule has 1 saturated heterocycles. The van der Waals surface area contributed by atoms with E-state index in [1.165, 1.54) is 5.57 Å². The highest BCUT2D eigenvalue weighted by molar-refractivity contribution is 5.04. The summed E-state index contributed by atoms with van der Waals surface area (Å²) in [7, 11) is 0. The van der Waals surface area contributed by atoms with Crippen LogP contribution in [0.3, 0.4) is 0 Å². The van der Waals surface area contributed by atoms with Crippen LogP contribution in [0, 0.1) is 0 Å². The molecule has 0 saturated carbocycles. The number of rotatable bonds is 1. The van der Waals surface area contributed by atoms with E-state index in [0.29, 0.717) is 0 Å². The molecular weight excluding hydrogens is 126 g/mol. The molecule has 0 aromatic carbocycles. The van der Waals surface area contributed by atoms with Crippen LogP contribution >= 0.6 is 0 Å². The van der Waals surface area contributed by atoms with Crippen LogP contribution in [0.2, 0.25) is 0 Å². The summed E-state index contributed by atoms with van der Waals surface area (Å²) in [5.41, 5.74) is 1.32. The third-order valence-electron chi connectivity index (χ3n) is 1.77. The molecule has 1 rings (SSSR count). The van der Waals surface area contributed by atoms with Gasteiger partial charge in [-0.15, -0.1) is 0 Å². The van der Waals surface area contributed by atoms with Gasteiger partial charge in [0.1, 0.15) is 0 Å². The minimum absolute atomic E-state index is 0.875. The van der Waals surface area contributed by atoms with Crippen LogP contribution in [0.4, 0.5) is 0 Å². The molecule has 0 radical (unpaired) electrons. The van der Waals surface area contributed by atoms with Gasteiger partial charge < -0.3 is 10.1 Å². The van der Waals surface area contributed by atoms with Crippen molar-refractivity contribution < 1.29 is 4.74 Å². The van der Waals surface area contributed by atoms with E-state index in [2.05, 4.69) is 19.2 Å². The largest absolute Gasteiger partial charge is 0.479 e.